The standard InChI is InChI=1S/C14H16ClF3N2O/c15-10-4-1-3-9(14(16,17)18)12(10)20-11(21)7-13(8-19)5-2-6-13/h1,3-4H,2,5-8,19H2,(H,20,21). The quantitative estimate of drug-likeness (QED) is 0.886. The molecule has 1 aromatic rings. The molecule has 1 fully saturated rings. The molecule has 3 nitrogen and oxygen atoms in total. The number of hydrogen-bond donors (Lipinski definition) is 2. The van der Waals surface area contributed by atoms with Crippen molar-refractivity contribution in [1.82, 2.24) is 0 Å². The largest absolute Gasteiger partial charge is 0.418 e. The van der Waals surface area contributed by atoms with E-state index >= 15 is 0 Å². The first-order valence-corrected chi connectivity index (χ1v) is 7.01. The van der Waals surface area contributed by atoms with E-state index < -0.39 is 17.6 Å². The summed E-state index contributed by atoms with van der Waals surface area (Å²) in [7, 11) is 0. The van der Waals surface area contributed by atoms with E-state index in [1.807, 2.05) is 0 Å². The van der Waals surface area contributed by atoms with Crippen LogP contribution in [0.3, 0.4) is 0 Å². The fourth-order valence-corrected chi connectivity index (χ4v) is 2.76. The number of para-hydroxylation sites is 1. The van der Waals surface area contributed by atoms with E-state index in [4.69, 9.17) is 17.3 Å². The Bertz CT molecular complexity index is 536. The van der Waals surface area contributed by atoms with Gasteiger partial charge in [-0.15, -0.1) is 0 Å². The maximum atomic E-state index is 12.9. The summed E-state index contributed by atoms with van der Waals surface area (Å²) in [5, 5.41) is 2.17. The van der Waals surface area contributed by atoms with Crippen LogP contribution < -0.4 is 11.1 Å². The van der Waals surface area contributed by atoms with Crippen molar-refractivity contribution < 1.29 is 18.0 Å². The van der Waals surface area contributed by atoms with Gasteiger partial charge in [0.15, 0.2) is 0 Å². The highest BCUT2D eigenvalue weighted by Gasteiger charge is 2.39. The Morgan fingerprint density at radius 3 is 2.52 bits per heavy atom. The molecule has 1 saturated carbocycles. The molecular formula is C14H16ClF3N2O. The van der Waals surface area contributed by atoms with Gasteiger partial charge in [0.25, 0.3) is 0 Å². The molecule has 0 spiro atoms. The van der Waals surface area contributed by atoms with Crippen molar-refractivity contribution in [3.63, 3.8) is 0 Å². The van der Waals surface area contributed by atoms with Crippen molar-refractivity contribution in [2.24, 2.45) is 11.1 Å². The minimum Gasteiger partial charge on any atom is -0.330 e. The molecule has 7 heteroatoms. The van der Waals surface area contributed by atoms with Crippen molar-refractivity contribution in [3.8, 4) is 0 Å². The first kappa shape index (κ1) is 16.1. The second kappa shape index (κ2) is 5.85. The number of nitrogens with two attached hydrogens (primary N) is 1. The van der Waals surface area contributed by atoms with E-state index in [2.05, 4.69) is 5.32 Å². The monoisotopic (exact) mass is 320 g/mol. The van der Waals surface area contributed by atoms with Gasteiger partial charge in [-0.3, -0.25) is 4.79 Å². The molecule has 116 valence electrons. The van der Waals surface area contributed by atoms with Crippen molar-refractivity contribution in [1.29, 1.82) is 0 Å². The Hall–Kier alpha value is -1.27. The number of hydrogen-bond acceptors (Lipinski definition) is 2. The third-order valence-electron chi connectivity index (χ3n) is 3.97. The van der Waals surface area contributed by atoms with Gasteiger partial charge in [0.05, 0.1) is 16.3 Å². The van der Waals surface area contributed by atoms with E-state index in [1.54, 1.807) is 0 Å². The fraction of sp³-hybridized carbons (Fsp3) is 0.500. The van der Waals surface area contributed by atoms with E-state index in [-0.39, 0.29) is 22.5 Å². The van der Waals surface area contributed by atoms with E-state index in [9.17, 15) is 18.0 Å². The number of rotatable bonds is 4. The normalized spacial score (nSPS) is 17.2. The molecule has 1 aliphatic carbocycles. The Balaban J connectivity index is 2.17. The average molecular weight is 321 g/mol. The van der Waals surface area contributed by atoms with Gasteiger partial charge in [0, 0.05) is 6.42 Å². The number of carbonyl (C=O) groups excluding carboxylic acids is 1. The molecule has 0 bridgehead atoms. The van der Waals surface area contributed by atoms with Crippen molar-refractivity contribution in [2.45, 2.75) is 31.9 Å². The lowest BCUT2D eigenvalue weighted by Crippen LogP contribution is -2.40. The van der Waals surface area contributed by atoms with E-state index in [0.717, 1.165) is 25.3 Å². The van der Waals surface area contributed by atoms with Gasteiger partial charge in [-0.05, 0) is 36.9 Å². The number of anilines is 1. The highest BCUT2D eigenvalue weighted by atomic mass is 35.5. The first-order valence-electron chi connectivity index (χ1n) is 6.63. The zero-order valence-corrected chi connectivity index (χ0v) is 12.0. The van der Waals surface area contributed by atoms with Crippen LogP contribution in [-0.2, 0) is 11.0 Å². The number of carbonyl (C=O) groups is 1. The average Bonchev–Trinajstić information content (AvgIpc) is 2.35. The van der Waals surface area contributed by atoms with Gasteiger partial charge in [0.2, 0.25) is 5.91 Å². The summed E-state index contributed by atoms with van der Waals surface area (Å²) in [4.78, 5) is 12.0. The van der Waals surface area contributed by atoms with Gasteiger partial charge < -0.3 is 11.1 Å². The summed E-state index contributed by atoms with van der Waals surface area (Å²) in [5.41, 5.74) is 4.05. The van der Waals surface area contributed by atoms with Crippen molar-refractivity contribution >= 4 is 23.2 Å². The molecular weight excluding hydrogens is 305 g/mol. The molecule has 21 heavy (non-hydrogen) atoms. The molecule has 1 aromatic carbocycles. The summed E-state index contributed by atoms with van der Waals surface area (Å²) in [5.74, 6) is -0.487. The molecule has 0 aromatic heterocycles. The molecule has 0 aliphatic heterocycles. The number of nitrogens with one attached hydrogen (secondary N) is 1. The molecule has 1 amide bonds. The van der Waals surface area contributed by atoms with Crippen molar-refractivity contribution in [2.75, 3.05) is 11.9 Å². The number of halogens is 4. The summed E-state index contributed by atoms with van der Waals surface area (Å²) in [6.45, 7) is 0.356. The molecule has 0 atom stereocenters. The third kappa shape index (κ3) is 3.49. The molecule has 0 heterocycles. The van der Waals surface area contributed by atoms with Crippen LogP contribution in [-0.4, -0.2) is 12.5 Å². The maximum Gasteiger partial charge on any atom is 0.418 e. The smallest absolute Gasteiger partial charge is 0.330 e. The highest BCUT2D eigenvalue weighted by Crippen LogP contribution is 2.44. The number of amides is 1. The SMILES string of the molecule is NCC1(CC(=O)Nc2c(Cl)cccc2C(F)(F)F)CCC1. The molecule has 3 N–H and O–H groups in total. The lowest BCUT2D eigenvalue weighted by atomic mass is 9.66. The van der Waals surface area contributed by atoms with E-state index in [1.165, 1.54) is 12.1 Å². The Kier molecular flexibility index (Phi) is 4.49. The Morgan fingerprint density at radius 2 is 2.05 bits per heavy atom. The van der Waals surface area contributed by atoms with Crippen LogP contribution in [0.15, 0.2) is 18.2 Å². The second-order valence-electron chi connectivity index (χ2n) is 5.44. The van der Waals surface area contributed by atoms with Crippen molar-refractivity contribution in [3.05, 3.63) is 28.8 Å². The lowest BCUT2D eigenvalue weighted by Gasteiger charge is -2.40. The number of benzene rings is 1. The van der Waals surface area contributed by atoms with Crippen LogP contribution in [0.1, 0.15) is 31.2 Å². The molecule has 0 radical (unpaired) electrons. The van der Waals surface area contributed by atoms with Gasteiger partial charge in [-0.2, -0.15) is 13.2 Å². The van der Waals surface area contributed by atoms with Gasteiger partial charge in [-0.25, -0.2) is 0 Å². The zero-order chi connectivity index (χ0) is 15.7. The van der Waals surface area contributed by atoms with Crippen LogP contribution in [0.5, 0.6) is 0 Å². The molecule has 1 aliphatic rings. The summed E-state index contributed by atoms with van der Waals surface area (Å²) in [6, 6.07) is 3.41. The molecule has 0 unspecified atom stereocenters. The summed E-state index contributed by atoms with van der Waals surface area (Å²) >= 11 is 5.79. The van der Waals surface area contributed by atoms with Crippen LogP contribution in [0.25, 0.3) is 0 Å². The molecule has 2 rings (SSSR count). The van der Waals surface area contributed by atoms with Gasteiger partial charge in [-0.1, -0.05) is 24.1 Å². The maximum absolute atomic E-state index is 12.9. The third-order valence-corrected chi connectivity index (χ3v) is 4.28. The Labute approximate surface area is 125 Å². The highest BCUT2D eigenvalue weighted by molar-refractivity contribution is 6.34. The number of alkyl halides is 3. The Morgan fingerprint density at radius 1 is 1.38 bits per heavy atom. The van der Waals surface area contributed by atoms with Crippen LogP contribution in [0.2, 0.25) is 5.02 Å². The minimum absolute atomic E-state index is 0.117. The first-order chi connectivity index (χ1) is 9.77. The van der Waals surface area contributed by atoms with Gasteiger partial charge in [0.1, 0.15) is 0 Å². The predicted molar refractivity (Wildman–Crippen MR) is 75.0 cm³/mol. The fourth-order valence-electron chi connectivity index (χ4n) is 2.54. The topological polar surface area (TPSA) is 55.1 Å². The minimum atomic E-state index is -4.57. The molecule has 0 saturated heterocycles. The summed E-state index contributed by atoms with van der Waals surface area (Å²) < 4.78 is 38.8. The summed E-state index contributed by atoms with van der Waals surface area (Å²) in [6.07, 6.45) is -1.82. The second-order valence-corrected chi connectivity index (χ2v) is 5.85. The van der Waals surface area contributed by atoms with Crippen LogP contribution in [0, 0.1) is 5.41 Å². The van der Waals surface area contributed by atoms with Crippen LogP contribution >= 0.6 is 11.6 Å². The lowest BCUT2D eigenvalue weighted by molar-refractivity contribution is -0.137. The van der Waals surface area contributed by atoms with Crippen LogP contribution in [0.4, 0.5) is 18.9 Å². The van der Waals surface area contributed by atoms with Gasteiger partial charge >= 0.3 is 6.18 Å². The predicted octanol–water partition coefficient (Wildman–Crippen LogP) is 3.82. The van der Waals surface area contributed by atoms with E-state index in [0.29, 0.717) is 6.54 Å². The zero-order valence-electron chi connectivity index (χ0n) is 11.3.